The second-order valence-electron chi connectivity index (χ2n) is 3.77. The van der Waals surface area contributed by atoms with Gasteiger partial charge >= 0.3 is 0 Å². The monoisotopic (exact) mass is 255 g/mol. The molecule has 0 bridgehead atoms. The van der Waals surface area contributed by atoms with Gasteiger partial charge in [-0.15, -0.1) is 23.7 Å². The normalized spacial score (nSPS) is 20.6. The Morgan fingerprint density at radius 1 is 1.31 bits per heavy atom. The van der Waals surface area contributed by atoms with E-state index in [1.54, 1.807) is 0 Å². The number of nitrogens with one attached hydrogen (secondary N) is 1. The second kappa shape index (κ2) is 5.15. The van der Waals surface area contributed by atoms with Crippen LogP contribution in [0.25, 0.3) is 10.1 Å². The molecule has 0 saturated carbocycles. The van der Waals surface area contributed by atoms with Gasteiger partial charge in [0.2, 0.25) is 0 Å². The summed E-state index contributed by atoms with van der Waals surface area (Å²) in [7, 11) is 0. The highest BCUT2D eigenvalue weighted by atomic mass is 35.5. The van der Waals surface area contributed by atoms with Gasteiger partial charge in [-0.05, 0) is 22.4 Å². The Kier molecular flexibility index (Phi) is 3.82. The molecule has 1 saturated heterocycles. The van der Waals surface area contributed by atoms with Gasteiger partial charge in [-0.1, -0.05) is 18.2 Å². The summed E-state index contributed by atoms with van der Waals surface area (Å²) in [6, 6.07) is 8.93. The summed E-state index contributed by atoms with van der Waals surface area (Å²) in [6.45, 7) is 2.58. The molecule has 0 spiro atoms. The Labute approximate surface area is 105 Å². The first-order chi connectivity index (χ1) is 7.45. The highest BCUT2D eigenvalue weighted by molar-refractivity contribution is 7.17. The molecule has 1 aliphatic rings. The molecule has 1 N–H and O–H groups in total. The van der Waals surface area contributed by atoms with Gasteiger partial charge in [-0.25, -0.2) is 0 Å². The lowest BCUT2D eigenvalue weighted by Gasteiger charge is -2.23. The number of hydrogen-bond donors (Lipinski definition) is 1. The van der Waals surface area contributed by atoms with Crippen LogP contribution in [0.2, 0.25) is 0 Å². The number of hydrogen-bond acceptors (Lipinski definition) is 3. The van der Waals surface area contributed by atoms with Crippen molar-refractivity contribution in [1.82, 2.24) is 5.32 Å². The molecule has 1 atom stereocenters. The lowest BCUT2D eigenvalue weighted by atomic mass is 10.1. The van der Waals surface area contributed by atoms with Crippen molar-refractivity contribution in [3.63, 3.8) is 0 Å². The molecule has 1 fully saturated rings. The van der Waals surface area contributed by atoms with Crippen molar-refractivity contribution in [2.24, 2.45) is 0 Å². The zero-order valence-corrected chi connectivity index (χ0v) is 10.4. The summed E-state index contributed by atoms with van der Waals surface area (Å²) in [5.74, 6) is 0. The van der Waals surface area contributed by atoms with Crippen molar-refractivity contribution in [2.45, 2.75) is 6.04 Å². The second-order valence-corrected chi connectivity index (χ2v) is 4.68. The van der Waals surface area contributed by atoms with Crippen LogP contribution in [-0.2, 0) is 4.74 Å². The molecule has 3 rings (SSSR count). The number of halogens is 1. The first-order valence-electron chi connectivity index (χ1n) is 5.22. The number of morpholine rings is 1. The van der Waals surface area contributed by atoms with Gasteiger partial charge in [-0.2, -0.15) is 0 Å². The van der Waals surface area contributed by atoms with Crippen molar-refractivity contribution in [3.05, 3.63) is 35.2 Å². The fourth-order valence-electron chi connectivity index (χ4n) is 2.03. The minimum absolute atomic E-state index is 0. The Bertz CT molecular complexity index is 465. The number of fused-ring (bicyclic) bond motifs is 1. The summed E-state index contributed by atoms with van der Waals surface area (Å²) < 4.78 is 6.86. The van der Waals surface area contributed by atoms with E-state index in [0.29, 0.717) is 6.04 Å². The molecule has 1 aliphatic heterocycles. The molecule has 0 unspecified atom stereocenters. The van der Waals surface area contributed by atoms with Gasteiger partial charge < -0.3 is 10.1 Å². The summed E-state index contributed by atoms with van der Waals surface area (Å²) in [5.41, 5.74) is 1.38. The molecule has 4 heteroatoms. The summed E-state index contributed by atoms with van der Waals surface area (Å²) in [5, 5.41) is 7.11. The standard InChI is InChI=1S/C12H13NOS.ClH/c1-2-4-12-9(3-1)10(8-15-12)11-7-14-6-5-13-11;/h1-4,8,11,13H,5-7H2;1H/t11-;/m1./s1. The third-order valence-electron chi connectivity index (χ3n) is 2.81. The maximum atomic E-state index is 5.50. The minimum atomic E-state index is 0. The van der Waals surface area contributed by atoms with Crippen molar-refractivity contribution in [2.75, 3.05) is 19.8 Å². The first-order valence-corrected chi connectivity index (χ1v) is 6.10. The van der Waals surface area contributed by atoms with E-state index in [9.17, 15) is 0 Å². The molecule has 2 aromatic rings. The van der Waals surface area contributed by atoms with Crippen molar-refractivity contribution >= 4 is 33.8 Å². The van der Waals surface area contributed by atoms with Crippen LogP contribution in [0.3, 0.4) is 0 Å². The van der Waals surface area contributed by atoms with Crippen LogP contribution in [0.15, 0.2) is 29.6 Å². The molecule has 0 radical (unpaired) electrons. The van der Waals surface area contributed by atoms with Crippen LogP contribution in [0.5, 0.6) is 0 Å². The van der Waals surface area contributed by atoms with E-state index in [4.69, 9.17) is 4.74 Å². The molecule has 16 heavy (non-hydrogen) atoms. The Morgan fingerprint density at radius 3 is 3.00 bits per heavy atom. The van der Waals surface area contributed by atoms with Gasteiger partial charge in [0.15, 0.2) is 0 Å². The molecule has 0 amide bonds. The predicted octanol–water partition coefficient (Wildman–Crippen LogP) is 2.98. The van der Waals surface area contributed by atoms with E-state index in [1.165, 1.54) is 15.6 Å². The van der Waals surface area contributed by atoms with Crippen LogP contribution in [-0.4, -0.2) is 19.8 Å². The Balaban J connectivity index is 0.000000963. The van der Waals surface area contributed by atoms with Crippen molar-refractivity contribution in [3.8, 4) is 0 Å². The lowest BCUT2D eigenvalue weighted by molar-refractivity contribution is 0.0774. The number of benzene rings is 1. The van der Waals surface area contributed by atoms with Gasteiger partial charge in [-0.3, -0.25) is 0 Å². The molecule has 1 aromatic carbocycles. The number of thiophene rings is 1. The fourth-order valence-corrected chi connectivity index (χ4v) is 3.05. The van der Waals surface area contributed by atoms with Gasteiger partial charge in [0, 0.05) is 11.2 Å². The first kappa shape index (κ1) is 11.9. The third kappa shape index (κ3) is 2.09. The molecule has 2 nitrogen and oxygen atoms in total. The number of rotatable bonds is 1. The highest BCUT2D eigenvalue weighted by Gasteiger charge is 2.18. The van der Waals surface area contributed by atoms with E-state index in [0.717, 1.165) is 19.8 Å². The maximum absolute atomic E-state index is 5.50. The molecule has 0 aliphatic carbocycles. The fraction of sp³-hybridized carbons (Fsp3) is 0.333. The van der Waals surface area contributed by atoms with Crippen molar-refractivity contribution < 1.29 is 4.74 Å². The molecule has 1 aromatic heterocycles. The van der Waals surface area contributed by atoms with Gasteiger partial charge in [0.05, 0.1) is 19.3 Å². The van der Waals surface area contributed by atoms with Crippen LogP contribution in [0.4, 0.5) is 0 Å². The van der Waals surface area contributed by atoms with Gasteiger partial charge in [0.1, 0.15) is 0 Å². The zero-order valence-electron chi connectivity index (χ0n) is 8.81. The summed E-state index contributed by atoms with van der Waals surface area (Å²) >= 11 is 1.81. The summed E-state index contributed by atoms with van der Waals surface area (Å²) in [4.78, 5) is 0. The van der Waals surface area contributed by atoms with E-state index in [-0.39, 0.29) is 12.4 Å². The molecule has 86 valence electrons. The third-order valence-corrected chi connectivity index (χ3v) is 3.79. The topological polar surface area (TPSA) is 21.3 Å². The average Bonchev–Trinajstić information content (AvgIpc) is 2.74. The van der Waals surface area contributed by atoms with Crippen LogP contribution in [0, 0.1) is 0 Å². The highest BCUT2D eigenvalue weighted by Crippen LogP contribution is 2.30. The Morgan fingerprint density at radius 2 is 2.19 bits per heavy atom. The van der Waals surface area contributed by atoms with Crippen LogP contribution >= 0.6 is 23.7 Å². The smallest absolute Gasteiger partial charge is 0.0662 e. The quantitative estimate of drug-likeness (QED) is 0.846. The largest absolute Gasteiger partial charge is 0.378 e. The molecule has 2 heterocycles. The maximum Gasteiger partial charge on any atom is 0.0662 e. The Hall–Kier alpha value is -0.610. The molecular formula is C12H14ClNOS. The summed E-state index contributed by atoms with van der Waals surface area (Å²) in [6.07, 6.45) is 0. The van der Waals surface area contributed by atoms with Crippen LogP contribution in [0.1, 0.15) is 11.6 Å². The van der Waals surface area contributed by atoms with Gasteiger partial charge in [0.25, 0.3) is 0 Å². The van der Waals surface area contributed by atoms with Crippen LogP contribution < -0.4 is 5.32 Å². The van der Waals surface area contributed by atoms with E-state index >= 15 is 0 Å². The lowest BCUT2D eigenvalue weighted by Crippen LogP contribution is -2.34. The van der Waals surface area contributed by atoms with E-state index in [2.05, 4.69) is 35.0 Å². The minimum Gasteiger partial charge on any atom is -0.378 e. The molecular weight excluding hydrogens is 242 g/mol. The SMILES string of the molecule is Cl.c1ccc2c([C@H]3COCCN3)csc2c1. The number of ether oxygens (including phenoxy) is 1. The predicted molar refractivity (Wildman–Crippen MR) is 70.6 cm³/mol. The van der Waals surface area contributed by atoms with Crippen molar-refractivity contribution in [1.29, 1.82) is 0 Å². The van der Waals surface area contributed by atoms with E-state index in [1.807, 2.05) is 11.3 Å². The average molecular weight is 256 g/mol. The van der Waals surface area contributed by atoms with E-state index < -0.39 is 0 Å². The zero-order chi connectivity index (χ0) is 10.1.